The van der Waals surface area contributed by atoms with Gasteiger partial charge in [0.25, 0.3) is 0 Å². The summed E-state index contributed by atoms with van der Waals surface area (Å²) in [6.07, 6.45) is 3.68. The van der Waals surface area contributed by atoms with Crippen LogP contribution in [0.1, 0.15) is 89.1 Å². The normalized spacial score (nSPS) is 13.5. The molecular weight excluding hydrogens is 911 g/mol. The van der Waals surface area contributed by atoms with E-state index in [9.17, 15) is 19.2 Å². The molecule has 0 bridgehead atoms. The molecule has 17 heteroatoms. The number of thiophene rings is 2. The van der Waals surface area contributed by atoms with Crippen molar-refractivity contribution in [3.05, 3.63) is 82.1 Å². The van der Waals surface area contributed by atoms with Crippen LogP contribution in [0.3, 0.4) is 0 Å². The Morgan fingerprint density at radius 3 is 1.53 bits per heavy atom. The van der Waals surface area contributed by atoms with Crippen LogP contribution in [0.2, 0.25) is 0 Å². The van der Waals surface area contributed by atoms with Crippen molar-refractivity contribution < 1.29 is 28.7 Å². The lowest BCUT2D eigenvalue weighted by Gasteiger charge is -2.30. The van der Waals surface area contributed by atoms with Gasteiger partial charge in [-0.15, -0.1) is 45.3 Å². The van der Waals surface area contributed by atoms with E-state index in [-0.39, 0.29) is 24.0 Å². The number of ether oxygens (including phenoxy) is 2. The van der Waals surface area contributed by atoms with E-state index in [0.717, 1.165) is 66.9 Å². The number of benzene rings is 2. The van der Waals surface area contributed by atoms with Crippen LogP contribution < -0.4 is 10.6 Å². The van der Waals surface area contributed by atoms with Crippen LogP contribution in [0.15, 0.2) is 61.2 Å². The predicted molar refractivity (Wildman–Crippen MR) is 273 cm³/mol. The summed E-state index contributed by atoms with van der Waals surface area (Å²) in [7, 11) is 3.91. The molecule has 6 aromatic rings. The summed E-state index contributed by atoms with van der Waals surface area (Å²) in [6.45, 7) is 21.7. The molecule has 0 saturated heterocycles. The van der Waals surface area contributed by atoms with Gasteiger partial charge in [0.15, 0.2) is 0 Å². The van der Waals surface area contributed by atoms with E-state index in [2.05, 4.69) is 37.1 Å². The predicted octanol–water partition coefficient (Wildman–Crippen LogP) is 12.1. The minimum absolute atomic E-state index is 0.0198. The quantitative estimate of drug-likeness (QED) is 0.142. The molecule has 0 spiro atoms. The van der Waals surface area contributed by atoms with Gasteiger partial charge >= 0.3 is 12.2 Å². The fourth-order valence-corrected chi connectivity index (χ4v) is 11.8. The lowest BCUT2D eigenvalue weighted by molar-refractivity contribution is -0.116. The topological polar surface area (TPSA) is 146 Å². The van der Waals surface area contributed by atoms with Crippen molar-refractivity contribution in [1.82, 2.24) is 24.7 Å². The molecule has 66 heavy (non-hydrogen) atoms. The molecule has 352 valence electrons. The van der Waals surface area contributed by atoms with Crippen LogP contribution in [0.25, 0.3) is 41.6 Å². The molecule has 0 atom stereocenters. The van der Waals surface area contributed by atoms with Crippen molar-refractivity contribution in [3.8, 4) is 21.1 Å². The van der Waals surface area contributed by atoms with Gasteiger partial charge in [0.05, 0.1) is 33.5 Å². The number of carbonyl (C=O) groups excluding carboxylic acids is 4. The number of fused-ring (bicyclic) bond motifs is 4. The van der Waals surface area contributed by atoms with E-state index in [1.807, 2.05) is 103 Å². The Morgan fingerprint density at radius 2 is 1.14 bits per heavy atom. The van der Waals surface area contributed by atoms with Crippen molar-refractivity contribution in [2.24, 2.45) is 0 Å². The van der Waals surface area contributed by atoms with Crippen LogP contribution in [0, 0.1) is 0 Å². The zero-order valence-corrected chi connectivity index (χ0v) is 42.9. The summed E-state index contributed by atoms with van der Waals surface area (Å²) in [6, 6.07) is 16.1. The van der Waals surface area contributed by atoms with Gasteiger partial charge in [-0.25, -0.2) is 19.6 Å². The summed E-state index contributed by atoms with van der Waals surface area (Å²) < 4.78 is 13.3. The van der Waals surface area contributed by atoms with Crippen LogP contribution >= 0.6 is 45.3 Å². The second-order valence-electron chi connectivity index (χ2n) is 18.2. The second-order valence-corrected chi connectivity index (χ2v) is 22.5. The molecule has 4 amide bonds. The zero-order valence-electron chi connectivity index (χ0n) is 39.6. The van der Waals surface area contributed by atoms with Crippen LogP contribution in [-0.4, -0.2) is 93.6 Å². The number of anilines is 2. The third-order valence-corrected chi connectivity index (χ3v) is 14.3. The van der Waals surface area contributed by atoms with Crippen molar-refractivity contribution in [2.75, 3.05) is 44.4 Å². The Labute approximate surface area is 403 Å². The Hall–Kier alpha value is -5.20. The monoisotopic (exact) mass is 971 g/mol. The number of hydrogen-bond donors (Lipinski definition) is 2. The minimum Gasteiger partial charge on any atom is -0.444 e. The molecule has 13 nitrogen and oxygen atoms in total. The average Bonchev–Trinajstić information content (AvgIpc) is 4.03. The Morgan fingerprint density at radius 1 is 0.712 bits per heavy atom. The fraction of sp³-hybridized carbons (Fsp3) is 0.429. The maximum Gasteiger partial charge on any atom is 0.410 e. The highest BCUT2D eigenvalue weighted by atomic mass is 32.1. The average molecular weight is 972 g/mol. The van der Waals surface area contributed by atoms with Crippen LogP contribution in [0.4, 0.5) is 19.6 Å². The van der Waals surface area contributed by atoms with Gasteiger partial charge < -0.3 is 34.8 Å². The number of para-hydroxylation sites is 2. The van der Waals surface area contributed by atoms with Crippen molar-refractivity contribution in [1.29, 1.82) is 0 Å². The summed E-state index contributed by atoms with van der Waals surface area (Å²) in [5.41, 5.74) is 5.07. The summed E-state index contributed by atoms with van der Waals surface area (Å²) >= 11 is 6.27. The lowest BCUT2D eigenvalue weighted by Crippen LogP contribution is -2.39. The smallest absolute Gasteiger partial charge is 0.410 e. The largest absolute Gasteiger partial charge is 0.444 e. The van der Waals surface area contributed by atoms with Crippen LogP contribution in [-0.2, 0) is 45.0 Å². The summed E-state index contributed by atoms with van der Waals surface area (Å²) in [5.74, 6) is -0.284. The Bertz CT molecular complexity index is 2630. The summed E-state index contributed by atoms with van der Waals surface area (Å²) in [4.78, 5) is 67.2. The molecular formula is C49H61N7O6S4. The molecule has 0 radical (unpaired) electrons. The van der Waals surface area contributed by atoms with Gasteiger partial charge in [0.1, 0.15) is 31.2 Å². The van der Waals surface area contributed by atoms with Crippen molar-refractivity contribution >= 4 is 99.8 Å². The first-order chi connectivity index (χ1) is 31.3. The van der Waals surface area contributed by atoms with E-state index < -0.39 is 11.2 Å². The number of carbonyl (C=O) groups is 4. The molecule has 0 aliphatic carbocycles. The van der Waals surface area contributed by atoms with Crippen LogP contribution in [0.5, 0.6) is 0 Å². The molecule has 6 heterocycles. The number of nitrogens with zero attached hydrogens (tertiary/aromatic N) is 5. The Kier molecular flexibility index (Phi) is 16.4. The van der Waals surface area contributed by atoms with E-state index in [0.29, 0.717) is 52.0 Å². The third-order valence-electron chi connectivity index (χ3n) is 9.89. The number of hydrogen-bond acceptors (Lipinski definition) is 13. The minimum atomic E-state index is -0.540. The lowest BCUT2D eigenvalue weighted by atomic mass is 10.0. The highest BCUT2D eigenvalue weighted by Gasteiger charge is 2.33. The second kappa shape index (κ2) is 21.6. The molecule has 4 aromatic heterocycles. The standard InChI is InChI=1S/C24H30N4O3S2.C22H23N3O3S2.C3H8/c1-24(2,3)31-23(30)28-13-10-15-18(14-28)33-22(26-19(29)11-12-27(4)5)20(15)21-25-16-8-6-7-9-17(16)32-21;1-5-17(26)24-20-18(19-23-14-8-6-7-9-15(14)29-19)13-10-11-25(12-16(13)30-20)21(27)28-22(2,3)4;1-3-2/h6-9H,10-14H2,1-5H3,(H,26,29);5-9H,1,10-12H2,2-4H3,(H,24,26);3H2,1-2H3. The van der Waals surface area contributed by atoms with E-state index in [1.54, 1.807) is 43.8 Å². The van der Waals surface area contributed by atoms with Gasteiger partial charge in [0, 0.05) is 46.9 Å². The van der Waals surface area contributed by atoms with Crippen molar-refractivity contribution in [2.45, 2.75) is 105 Å². The first kappa shape index (κ1) is 50.2. The number of amides is 4. The summed E-state index contributed by atoms with van der Waals surface area (Å²) in [5, 5.41) is 9.41. The third kappa shape index (κ3) is 12.8. The van der Waals surface area contributed by atoms with Gasteiger partial charge in [-0.1, -0.05) is 51.1 Å². The van der Waals surface area contributed by atoms with Gasteiger partial charge in [-0.05, 0) is 110 Å². The maximum atomic E-state index is 12.7. The highest BCUT2D eigenvalue weighted by Crippen LogP contribution is 2.47. The first-order valence-electron chi connectivity index (χ1n) is 22.1. The molecule has 2 aromatic carbocycles. The zero-order chi connectivity index (χ0) is 47.9. The SMILES string of the molecule is C=CC(=O)Nc1sc2c(c1-c1nc3ccccc3s1)CCN(C(=O)OC(C)(C)C)C2.CCC.CN(C)CCC(=O)Nc1sc2c(c1-c1nc3ccccc3s1)CCN(C(=O)OC(C)(C)C)C2. The molecule has 0 unspecified atom stereocenters. The maximum absolute atomic E-state index is 12.7. The number of aromatic nitrogens is 2. The van der Waals surface area contributed by atoms with Crippen molar-refractivity contribution in [3.63, 3.8) is 0 Å². The van der Waals surface area contributed by atoms with Gasteiger partial charge in [0.2, 0.25) is 11.8 Å². The number of nitrogens with one attached hydrogen (secondary N) is 2. The molecule has 8 rings (SSSR count). The molecule has 2 aliphatic rings. The molecule has 2 N–H and O–H groups in total. The van der Waals surface area contributed by atoms with Gasteiger partial charge in [-0.2, -0.15) is 0 Å². The fourth-order valence-electron chi connectivity index (χ4n) is 7.04. The highest BCUT2D eigenvalue weighted by molar-refractivity contribution is 7.23. The van der Waals surface area contributed by atoms with E-state index in [1.165, 1.54) is 29.4 Å². The molecule has 0 fully saturated rings. The molecule has 2 aliphatic heterocycles. The Balaban J connectivity index is 0.000000207. The number of thiazole rings is 2. The number of rotatable bonds is 8. The van der Waals surface area contributed by atoms with E-state index >= 15 is 0 Å². The van der Waals surface area contributed by atoms with Gasteiger partial charge in [-0.3, -0.25) is 9.59 Å². The molecule has 0 saturated carbocycles. The van der Waals surface area contributed by atoms with E-state index in [4.69, 9.17) is 19.4 Å². The first-order valence-corrected chi connectivity index (χ1v) is 25.4.